The molecular formula is C30H24N2O4. The van der Waals surface area contributed by atoms with Gasteiger partial charge in [0.1, 0.15) is 11.5 Å². The van der Waals surface area contributed by atoms with E-state index in [1.54, 1.807) is 24.3 Å². The normalized spacial score (nSPS) is 10.7. The molecule has 0 aromatic heterocycles. The van der Waals surface area contributed by atoms with Crippen LogP contribution in [0.25, 0.3) is 21.5 Å². The van der Waals surface area contributed by atoms with Crippen molar-refractivity contribution in [1.29, 1.82) is 0 Å². The summed E-state index contributed by atoms with van der Waals surface area (Å²) in [6.45, 7) is -0.216. The fourth-order valence-electron chi connectivity index (χ4n) is 3.84. The number of nitrogens with one attached hydrogen (secondary N) is 2. The van der Waals surface area contributed by atoms with Gasteiger partial charge in [-0.3, -0.25) is 9.59 Å². The van der Waals surface area contributed by atoms with Gasteiger partial charge in [0.05, 0.1) is 0 Å². The highest BCUT2D eigenvalue weighted by molar-refractivity contribution is 5.94. The summed E-state index contributed by atoms with van der Waals surface area (Å²) in [4.78, 5) is 24.6. The van der Waals surface area contributed by atoms with Crippen molar-refractivity contribution in [3.63, 3.8) is 0 Å². The third-order valence-electron chi connectivity index (χ3n) is 5.63. The summed E-state index contributed by atoms with van der Waals surface area (Å²) in [5, 5.41) is 9.91. The fourth-order valence-corrected chi connectivity index (χ4v) is 3.84. The van der Waals surface area contributed by atoms with Gasteiger partial charge in [-0.2, -0.15) is 0 Å². The van der Waals surface area contributed by atoms with Crippen molar-refractivity contribution in [3.8, 4) is 11.5 Å². The van der Waals surface area contributed by atoms with Gasteiger partial charge in [-0.05, 0) is 70.1 Å². The molecule has 36 heavy (non-hydrogen) atoms. The van der Waals surface area contributed by atoms with Gasteiger partial charge in [0.15, 0.2) is 13.2 Å². The van der Waals surface area contributed by atoms with Crippen LogP contribution in [0.15, 0.2) is 109 Å². The summed E-state index contributed by atoms with van der Waals surface area (Å²) in [5.74, 6) is 0.716. The van der Waals surface area contributed by atoms with Crippen molar-refractivity contribution >= 4 is 44.7 Å². The van der Waals surface area contributed by atoms with E-state index in [1.165, 1.54) is 0 Å². The number of carbonyl (C=O) groups is 2. The van der Waals surface area contributed by atoms with Crippen molar-refractivity contribution in [2.24, 2.45) is 0 Å². The first-order valence-electron chi connectivity index (χ1n) is 11.6. The average molecular weight is 477 g/mol. The Bertz CT molecular complexity index is 1410. The molecule has 0 saturated heterocycles. The van der Waals surface area contributed by atoms with E-state index in [-0.39, 0.29) is 25.0 Å². The molecule has 0 saturated carbocycles. The number of fused-ring (bicyclic) bond motifs is 2. The van der Waals surface area contributed by atoms with Crippen LogP contribution in [-0.4, -0.2) is 25.0 Å². The largest absolute Gasteiger partial charge is 0.484 e. The van der Waals surface area contributed by atoms with Crippen LogP contribution in [-0.2, 0) is 9.59 Å². The van der Waals surface area contributed by atoms with Crippen molar-refractivity contribution in [3.05, 3.63) is 109 Å². The highest BCUT2D eigenvalue weighted by Crippen LogP contribution is 2.22. The highest BCUT2D eigenvalue weighted by atomic mass is 16.5. The molecule has 0 spiro atoms. The lowest BCUT2D eigenvalue weighted by atomic mass is 10.1. The summed E-state index contributed by atoms with van der Waals surface area (Å²) in [6.07, 6.45) is 0. The Balaban J connectivity index is 1.08. The standard InChI is InChI=1S/C30H24N2O4/c33-29(19-35-27-15-9-21-5-1-3-7-23(21)17-27)31-25-11-13-26(14-12-25)32-30(34)20-36-28-16-10-22-6-2-4-8-24(22)18-28/h1-18H,19-20H2,(H,31,33)(H,32,34). The van der Waals surface area contributed by atoms with Crippen LogP contribution in [0.5, 0.6) is 11.5 Å². The molecule has 6 heteroatoms. The minimum atomic E-state index is -0.274. The zero-order chi connectivity index (χ0) is 24.7. The molecule has 0 radical (unpaired) electrons. The summed E-state index contributed by atoms with van der Waals surface area (Å²) >= 11 is 0. The Labute approximate surface area is 208 Å². The molecule has 0 bridgehead atoms. The number of ether oxygens (including phenoxy) is 2. The van der Waals surface area contributed by atoms with Crippen molar-refractivity contribution < 1.29 is 19.1 Å². The first-order valence-corrected chi connectivity index (χ1v) is 11.6. The summed E-state index contributed by atoms with van der Waals surface area (Å²) in [7, 11) is 0. The lowest BCUT2D eigenvalue weighted by molar-refractivity contribution is -0.118. The molecular weight excluding hydrogens is 452 g/mol. The molecule has 0 aliphatic heterocycles. The maximum Gasteiger partial charge on any atom is 0.262 e. The minimum Gasteiger partial charge on any atom is -0.484 e. The van der Waals surface area contributed by atoms with Gasteiger partial charge in [0.25, 0.3) is 11.8 Å². The first kappa shape index (κ1) is 22.9. The van der Waals surface area contributed by atoms with Gasteiger partial charge < -0.3 is 20.1 Å². The van der Waals surface area contributed by atoms with Gasteiger partial charge in [-0.25, -0.2) is 0 Å². The molecule has 0 fully saturated rings. The molecule has 2 N–H and O–H groups in total. The summed E-state index contributed by atoms with van der Waals surface area (Å²) in [6, 6.07) is 34.2. The number of hydrogen-bond acceptors (Lipinski definition) is 4. The molecule has 178 valence electrons. The van der Waals surface area contributed by atoms with Crippen molar-refractivity contribution in [2.45, 2.75) is 0 Å². The Hall–Kier alpha value is -4.84. The fraction of sp³-hybridized carbons (Fsp3) is 0.0667. The predicted octanol–water partition coefficient (Wildman–Crippen LogP) is 6.03. The van der Waals surface area contributed by atoms with Crippen LogP contribution in [0.4, 0.5) is 11.4 Å². The first-order chi connectivity index (χ1) is 17.6. The second-order valence-electron chi connectivity index (χ2n) is 8.27. The molecule has 0 aliphatic rings. The molecule has 5 rings (SSSR count). The van der Waals surface area contributed by atoms with Crippen LogP contribution in [0.1, 0.15) is 0 Å². The highest BCUT2D eigenvalue weighted by Gasteiger charge is 2.07. The third kappa shape index (κ3) is 5.80. The third-order valence-corrected chi connectivity index (χ3v) is 5.63. The number of carbonyl (C=O) groups excluding carboxylic acids is 2. The SMILES string of the molecule is O=C(COc1ccc2ccccc2c1)Nc1ccc(NC(=O)COc2ccc3ccccc3c2)cc1. The van der Waals surface area contributed by atoms with E-state index in [0.717, 1.165) is 21.5 Å². The maximum absolute atomic E-state index is 12.3. The number of amides is 2. The van der Waals surface area contributed by atoms with Crippen LogP contribution >= 0.6 is 0 Å². The molecule has 0 atom stereocenters. The van der Waals surface area contributed by atoms with E-state index in [9.17, 15) is 9.59 Å². The van der Waals surface area contributed by atoms with Crippen LogP contribution in [0.3, 0.4) is 0 Å². The van der Waals surface area contributed by atoms with Crippen molar-refractivity contribution in [2.75, 3.05) is 23.8 Å². The lowest BCUT2D eigenvalue weighted by Gasteiger charge is -2.10. The van der Waals surface area contributed by atoms with E-state index >= 15 is 0 Å². The number of rotatable bonds is 8. The van der Waals surface area contributed by atoms with Crippen molar-refractivity contribution in [1.82, 2.24) is 0 Å². The zero-order valence-electron chi connectivity index (χ0n) is 19.4. The Morgan fingerprint density at radius 3 is 1.31 bits per heavy atom. The van der Waals surface area contributed by atoms with Gasteiger partial charge in [0.2, 0.25) is 0 Å². The van der Waals surface area contributed by atoms with Gasteiger partial charge in [-0.15, -0.1) is 0 Å². The predicted molar refractivity (Wildman–Crippen MR) is 143 cm³/mol. The quantitative estimate of drug-likeness (QED) is 0.287. The molecule has 0 aliphatic carbocycles. The molecule has 2 amide bonds. The van der Waals surface area contributed by atoms with Gasteiger partial charge in [0, 0.05) is 11.4 Å². The van der Waals surface area contributed by atoms with E-state index in [1.807, 2.05) is 84.9 Å². The Kier molecular flexibility index (Phi) is 6.76. The van der Waals surface area contributed by atoms with E-state index in [0.29, 0.717) is 22.9 Å². The topological polar surface area (TPSA) is 76.7 Å². The van der Waals surface area contributed by atoms with E-state index < -0.39 is 0 Å². The maximum atomic E-state index is 12.3. The summed E-state index contributed by atoms with van der Waals surface area (Å²) < 4.78 is 11.3. The second-order valence-corrected chi connectivity index (χ2v) is 8.27. The number of anilines is 2. The zero-order valence-corrected chi connectivity index (χ0v) is 19.4. The monoisotopic (exact) mass is 476 g/mol. The van der Waals surface area contributed by atoms with Gasteiger partial charge in [-0.1, -0.05) is 60.7 Å². The lowest BCUT2D eigenvalue weighted by Crippen LogP contribution is -2.21. The summed E-state index contributed by atoms with van der Waals surface area (Å²) in [5.41, 5.74) is 1.21. The average Bonchev–Trinajstić information content (AvgIpc) is 2.91. The molecule has 0 unspecified atom stereocenters. The smallest absolute Gasteiger partial charge is 0.262 e. The number of hydrogen-bond donors (Lipinski definition) is 2. The van der Waals surface area contributed by atoms with E-state index in [2.05, 4.69) is 10.6 Å². The van der Waals surface area contributed by atoms with E-state index in [4.69, 9.17) is 9.47 Å². The molecule has 5 aromatic rings. The Morgan fingerprint density at radius 1 is 0.500 bits per heavy atom. The van der Waals surface area contributed by atoms with Crippen LogP contribution in [0, 0.1) is 0 Å². The second kappa shape index (κ2) is 10.6. The number of benzene rings is 5. The molecule has 0 heterocycles. The minimum absolute atomic E-state index is 0.108. The Morgan fingerprint density at radius 2 is 0.889 bits per heavy atom. The van der Waals surface area contributed by atoms with Crippen LogP contribution < -0.4 is 20.1 Å². The van der Waals surface area contributed by atoms with Gasteiger partial charge >= 0.3 is 0 Å². The van der Waals surface area contributed by atoms with Crippen LogP contribution in [0.2, 0.25) is 0 Å². The molecule has 5 aromatic carbocycles. The molecule has 6 nitrogen and oxygen atoms in total.